The zero-order valence-electron chi connectivity index (χ0n) is 11.8. The zero-order chi connectivity index (χ0) is 14.5. The Balaban J connectivity index is 2.10. The van der Waals surface area contributed by atoms with Crippen LogP contribution in [0.2, 0.25) is 0 Å². The largest absolute Gasteiger partial charge is 0.435 e. The van der Waals surface area contributed by atoms with Crippen molar-refractivity contribution >= 4 is 0 Å². The van der Waals surface area contributed by atoms with Crippen LogP contribution in [0.15, 0.2) is 24.3 Å². The Morgan fingerprint density at radius 1 is 1.30 bits per heavy atom. The second kappa shape index (κ2) is 6.99. The fourth-order valence-electron chi connectivity index (χ4n) is 2.92. The summed E-state index contributed by atoms with van der Waals surface area (Å²) in [5.41, 5.74) is 6.98. The Labute approximate surface area is 118 Å². The Morgan fingerprint density at radius 2 is 2.00 bits per heavy atom. The van der Waals surface area contributed by atoms with Crippen LogP contribution in [0.25, 0.3) is 0 Å². The monoisotopic (exact) mass is 284 g/mol. The van der Waals surface area contributed by atoms with Crippen LogP contribution in [0.1, 0.15) is 37.8 Å². The van der Waals surface area contributed by atoms with Gasteiger partial charge in [0.25, 0.3) is 0 Å². The van der Waals surface area contributed by atoms with Crippen LogP contribution < -0.4 is 10.5 Å². The maximum absolute atomic E-state index is 12.1. The Morgan fingerprint density at radius 3 is 2.55 bits per heavy atom. The van der Waals surface area contributed by atoms with Crippen LogP contribution >= 0.6 is 0 Å². The molecule has 0 bridgehead atoms. The quantitative estimate of drug-likeness (QED) is 0.902. The summed E-state index contributed by atoms with van der Waals surface area (Å²) in [7, 11) is 0. The number of nitrogens with two attached hydrogens (primary N) is 1. The maximum Gasteiger partial charge on any atom is 0.387 e. The van der Waals surface area contributed by atoms with Gasteiger partial charge in [0, 0.05) is 18.6 Å². The van der Waals surface area contributed by atoms with E-state index in [1.165, 1.54) is 19.3 Å². The number of rotatable bonds is 5. The number of piperidine rings is 1. The summed E-state index contributed by atoms with van der Waals surface area (Å²) < 4.78 is 28.6. The number of hydrogen-bond acceptors (Lipinski definition) is 3. The first-order chi connectivity index (χ1) is 9.61. The summed E-state index contributed by atoms with van der Waals surface area (Å²) in [6.07, 6.45) is 3.63. The minimum Gasteiger partial charge on any atom is -0.435 e. The van der Waals surface area contributed by atoms with Crippen LogP contribution in [0.3, 0.4) is 0 Å². The van der Waals surface area contributed by atoms with Crippen LogP contribution in [-0.2, 0) is 0 Å². The van der Waals surface area contributed by atoms with Crippen molar-refractivity contribution in [2.24, 2.45) is 5.73 Å². The maximum atomic E-state index is 12.1. The molecule has 1 aliphatic heterocycles. The zero-order valence-corrected chi connectivity index (χ0v) is 11.8. The van der Waals surface area contributed by atoms with E-state index in [1.54, 1.807) is 12.1 Å². The van der Waals surface area contributed by atoms with Gasteiger partial charge >= 0.3 is 6.61 Å². The molecule has 1 saturated heterocycles. The van der Waals surface area contributed by atoms with Crippen LogP contribution in [-0.4, -0.2) is 30.6 Å². The highest BCUT2D eigenvalue weighted by Gasteiger charge is 2.26. The van der Waals surface area contributed by atoms with Gasteiger partial charge < -0.3 is 10.5 Å². The molecule has 2 atom stereocenters. The molecule has 2 unspecified atom stereocenters. The average Bonchev–Trinajstić information content (AvgIpc) is 2.43. The summed E-state index contributed by atoms with van der Waals surface area (Å²) in [6.45, 7) is 1.00. The van der Waals surface area contributed by atoms with Gasteiger partial charge in [-0.2, -0.15) is 8.78 Å². The topological polar surface area (TPSA) is 38.5 Å². The van der Waals surface area contributed by atoms with Gasteiger partial charge in [0.2, 0.25) is 0 Å². The summed E-state index contributed by atoms with van der Waals surface area (Å²) in [5.74, 6) is 0.186. The van der Waals surface area contributed by atoms with Crippen molar-refractivity contribution in [3.05, 3.63) is 29.8 Å². The van der Waals surface area contributed by atoms with Crippen LogP contribution in [0, 0.1) is 0 Å². The highest BCUT2D eigenvalue weighted by molar-refractivity contribution is 5.29. The highest BCUT2D eigenvalue weighted by atomic mass is 19.3. The molecular weight excluding hydrogens is 262 g/mol. The molecule has 0 aliphatic carbocycles. The molecule has 0 radical (unpaired) electrons. The molecule has 0 spiro atoms. The molecule has 1 aromatic rings. The van der Waals surface area contributed by atoms with Crippen molar-refractivity contribution in [2.45, 2.75) is 44.9 Å². The van der Waals surface area contributed by atoms with Gasteiger partial charge in [-0.1, -0.05) is 18.6 Å². The third-order valence-corrected chi connectivity index (χ3v) is 3.97. The lowest BCUT2D eigenvalue weighted by Crippen LogP contribution is -2.43. The average molecular weight is 284 g/mol. The predicted molar refractivity (Wildman–Crippen MR) is 74.9 cm³/mol. The minimum atomic E-state index is -2.78. The van der Waals surface area contributed by atoms with Crippen molar-refractivity contribution in [1.29, 1.82) is 0 Å². The molecule has 20 heavy (non-hydrogen) atoms. The molecule has 2 rings (SSSR count). The normalized spacial score (nSPS) is 21.9. The molecule has 112 valence electrons. The number of alkyl halides is 2. The van der Waals surface area contributed by atoms with Gasteiger partial charge in [0.15, 0.2) is 0 Å². The lowest BCUT2D eigenvalue weighted by atomic mass is 9.97. The summed E-state index contributed by atoms with van der Waals surface area (Å²) in [4.78, 5) is 2.41. The van der Waals surface area contributed by atoms with E-state index in [0.717, 1.165) is 12.1 Å². The fourth-order valence-corrected chi connectivity index (χ4v) is 2.92. The first-order valence-corrected chi connectivity index (χ1v) is 7.12. The van der Waals surface area contributed by atoms with E-state index in [4.69, 9.17) is 5.73 Å². The van der Waals surface area contributed by atoms with Gasteiger partial charge in [0.05, 0.1) is 0 Å². The Hall–Kier alpha value is -1.20. The third kappa shape index (κ3) is 3.67. The SMILES string of the molecule is CC1CCCCN1C(CN)c1ccc(OC(F)F)cc1. The summed E-state index contributed by atoms with van der Waals surface area (Å²) in [6, 6.07) is 7.48. The minimum absolute atomic E-state index is 0.144. The molecule has 0 aromatic heterocycles. The smallest absolute Gasteiger partial charge is 0.387 e. The van der Waals surface area contributed by atoms with Gasteiger partial charge in [-0.25, -0.2) is 0 Å². The molecule has 3 nitrogen and oxygen atoms in total. The van der Waals surface area contributed by atoms with E-state index in [-0.39, 0.29) is 11.8 Å². The van der Waals surface area contributed by atoms with E-state index in [2.05, 4.69) is 16.6 Å². The molecular formula is C15H22F2N2O. The molecule has 0 amide bonds. The van der Waals surface area contributed by atoms with Crippen molar-refractivity contribution < 1.29 is 13.5 Å². The fraction of sp³-hybridized carbons (Fsp3) is 0.600. The van der Waals surface area contributed by atoms with Gasteiger partial charge in [-0.05, 0) is 44.0 Å². The molecule has 5 heteroatoms. The van der Waals surface area contributed by atoms with Crippen LogP contribution in [0.4, 0.5) is 8.78 Å². The molecule has 1 aromatic carbocycles. The number of hydrogen-bond donors (Lipinski definition) is 1. The second-order valence-corrected chi connectivity index (χ2v) is 5.28. The summed E-state index contributed by atoms with van der Waals surface area (Å²) >= 11 is 0. The standard InChI is InChI=1S/C15H22F2N2O/c1-11-4-2-3-9-19(11)14(10-18)12-5-7-13(8-6-12)20-15(16)17/h5-8,11,14-15H,2-4,9-10,18H2,1H3. The van der Waals surface area contributed by atoms with E-state index in [9.17, 15) is 8.78 Å². The third-order valence-electron chi connectivity index (χ3n) is 3.97. The first-order valence-electron chi connectivity index (χ1n) is 7.12. The van der Waals surface area contributed by atoms with E-state index in [0.29, 0.717) is 12.6 Å². The van der Waals surface area contributed by atoms with E-state index < -0.39 is 6.61 Å². The summed E-state index contributed by atoms with van der Waals surface area (Å²) in [5, 5.41) is 0. The lowest BCUT2D eigenvalue weighted by Gasteiger charge is -2.39. The number of ether oxygens (including phenoxy) is 1. The van der Waals surface area contributed by atoms with Crippen LogP contribution in [0.5, 0.6) is 5.75 Å². The highest BCUT2D eigenvalue weighted by Crippen LogP contribution is 2.29. The first kappa shape index (κ1) is 15.2. The van der Waals surface area contributed by atoms with Crippen molar-refractivity contribution in [1.82, 2.24) is 4.90 Å². The van der Waals surface area contributed by atoms with Crippen molar-refractivity contribution in [3.8, 4) is 5.75 Å². The van der Waals surface area contributed by atoms with E-state index in [1.807, 2.05) is 12.1 Å². The van der Waals surface area contributed by atoms with E-state index >= 15 is 0 Å². The Kier molecular flexibility index (Phi) is 5.31. The molecule has 0 saturated carbocycles. The molecule has 1 aliphatic rings. The number of nitrogens with zero attached hydrogens (tertiary/aromatic N) is 1. The number of halogens is 2. The second-order valence-electron chi connectivity index (χ2n) is 5.28. The molecule has 1 fully saturated rings. The van der Waals surface area contributed by atoms with Crippen molar-refractivity contribution in [2.75, 3.05) is 13.1 Å². The molecule has 1 heterocycles. The lowest BCUT2D eigenvalue weighted by molar-refractivity contribution is -0.0498. The van der Waals surface area contributed by atoms with Gasteiger partial charge in [-0.3, -0.25) is 4.90 Å². The number of benzene rings is 1. The van der Waals surface area contributed by atoms with Gasteiger partial charge in [-0.15, -0.1) is 0 Å². The Bertz CT molecular complexity index is 411. The van der Waals surface area contributed by atoms with Crippen molar-refractivity contribution in [3.63, 3.8) is 0 Å². The number of likely N-dealkylation sites (tertiary alicyclic amines) is 1. The predicted octanol–water partition coefficient (Wildman–Crippen LogP) is 3.16. The van der Waals surface area contributed by atoms with Gasteiger partial charge in [0.1, 0.15) is 5.75 Å². The molecule has 2 N–H and O–H groups in total.